The summed E-state index contributed by atoms with van der Waals surface area (Å²) in [6.07, 6.45) is 0. The van der Waals surface area contributed by atoms with E-state index in [0.29, 0.717) is 5.75 Å². The van der Waals surface area contributed by atoms with Crippen LogP contribution in [0.5, 0.6) is 0 Å². The SMILES string of the molecule is CC1(C)CN=C2SCC(O)(C(c3ccccc3)c3ccccc3)N2C1. The molecule has 0 saturated carbocycles. The Morgan fingerprint density at radius 3 is 2.12 bits per heavy atom. The number of hydrogen-bond donors (Lipinski definition) is 1. The van der Waals surface area contributed by atoms with Crippen molar-refractivity contribution < 1.29 is 5.11 Å². The fourth-order valence-corrected chi connectivity index (χ4v) is 5.04. The summed E-state index contributed by atoms with van der Waals surface area (Å²) >= 11 is 1.68. The molecule has 3 nitrogen and oxygen atoms in total. The first-order valence-corrected chi connectivity index (χ1v) is 9.75. The van der Waals surface area contributed by atoms with Gasteiger partial charge < -0.3 is 10.0 Å². The molecule has 4 rings (SSSR count). The van der Waals surface area contributed by atoms with Crippen LogP contribution in [0.1, 0.15) is 30.9 Å². The Morgan fingerprint density at radius 1 is 1.00 bits per heavy atom. The second-order valence-corrected chi connectivity index (χ2v) is 8.71. The summed E-state index contributed by atoms with van der Waals surface area (Å²) in [7, 11) is 0. The first-order valence-electron chi connectivity index (χ1n) is 8.77. The third kappa shape index (κ3) is 2.98. The third-order valence-corrected chi connectivity index (χ3v) is 6.25. The normalized spacial score (nSPS) is 25.0. The van der Waals surface area contributed by atoms with Crippen molar-refractivity contribution in [2.75, 3.05) is 18.8 Å². The average molecular weight is 353 g/mol. The van der Waals surface area contributed by atoms with Crippen LogP contribution in [0.4, 0.5) is 0 Å². The molecule has 2 aliphatic heterocycles. The van der Waals surface area contributed by atoms with E-state index in [1.807, 2.05) is 36.4 Å². The van der Waals surface area contributed by atoms with E-state index >= 15 is 0 Å². The first-order chi connectivity index (χ1) is 12.0. The lowest BCUT2D eigenvalue weighted by Crippen LogP contribution is -2.56. The van der Waals surface area contributed by atoms with Gasteiger partial charge in [-0.3, -0.25) is 4.99 Å². The van der Waals surface area contributed by atoms with Gasteiger partial charge >= 0.3 is 0 Å². The molecule has 2 heterocycles. The van der Waals surface area contributed by atoms with Gasteiger partial charge in [0.05, 0.1) is 5.92 Å². The van der Waals surface area contributed by atoms with Gasteiger partial charge in [0.2, 0.25) is 0 Å². The Hall–Kier alpha value is -1.78. The van der Waals surface area contributed by atoms with Gasteiger partial charge in [-0.05, 0) is 11.1 Å². The molecule has 2 aromatic rings. The van der Waals surface area contributed by atoms with E-state index in [4.69, 9.17) is 4.99 Å². The van der Waals surface area contributed by atoms with Crippen molar-refractivity contribution in [2.45, 2.75) is 25.5 Å². The molecular weight excluding hydrogens is 328 g/mol. The summed E-state index contributed by atoms with van der Waals surface area (Å²) in [5.41, 5.74) is 1.38. The van der Waals surface area contributed by atoms with Crippen molar-refractivity contribution in [1.82, 2.24) is 4.90 Å². The maximum absolute atomic E-state index is 11.9. The van der Waals surface area contributed by atoms with Crippen LogP contribution in [0, 0.1) is 5.41 Å². The van der Waals surface area contributed by atoms with Crippen LogP contribution >= 0.6 is 11.8 Å². The van der Waals surface area contributed by atoms with Crippen LogP contribution in [0.3, 0.4) is 0 Å². The van der Waals surface area contributed by atoms with Gasteiger partial charge in [-0.1, -0.05) is 86.3 Å². The van der Waals surface area contributed by atoms with Crippen LogP contribution in [0.2, 0.25) is 0 Å². The highest BCUT2D eigenvalue weighted by Crippen LogP contribution is 2.47. The molecule has 25 heavy (non-hydrogen) atoms. The summed E-state index contributed by atoms with van der Waals surface area (Å²) < 4.78 is 0. The number of thioether (sulfide) groups is 1. The highest BCUT2D eigenvalue weighted by atomic mass is 32.2. The van der Waals surface area contributed by atoms with E-state index < -0.39 is 5.72 Å². The van der Waals surface area contributed by atoms with Gasteiger partial charge in [-0.25, -0.2) is 0 Å². The third-order valence-electron chi connectivity index (χ3n) is 5.07. The largest absolute Gasteiger partial charge is 0.369 e. The number of aliphatic imine (C=N–C) groups is 1. The minimum atomic E-state index is -0.968. The monoisotopic (exact) mass is 352 g/mol. The van der Waals surface area contributed by atoms with Gasteiger partial charge in [0.1, 0.15) is 0 Å². The fourth-order valence-electron chi connectivity index (χ4n) is 3.84. The van der Waals surface area contributed by atoms with Crippen molar-refractivity contribution in [2.24, 2.45) is 10.4 Å². The summed E-state index contributed by atoms with van der Waals surface area (Å²) in [5.74, 6) is 0.528. The number of aliphatic hydroxyl groups is 1. The van der Waals surface area contributed by atoms with Crippen molar-refractivity contribution >= 4 is 16.9 Å². The molecular formula is C21H24N2OS. The Bertz CT molecular complexity index is 735. The summed E-state index contributed by atoms with van der Waals surface area (Å²) in [6.45, 7) is 6.09. The minimum Gasteiger partial charge on any atom is -0.369 e. The maximum Gasteiger partial charge on any atom is 0.161 e. The quantitative estimate of drug-likeness (QED) is 0.908. The Kier molecular flexibility index (Phi) is 4.13. The molecule has 1 fully saturated rings. The van der Waals surface area contributed by atoms with E-state index in [0.717, 1.165) is 29.4 Å². The number of nitrogens with zero attached hydrogens (tertiary/aromatic N) is 2. The zero-order chi connectivity index (χ0) is 17.5. The second-order valence-electron chi connectivity index (χ2n) is 7.77. The van der Waals surface area contributed by atoms with E-state index in [1.54, 1.807) is 11.8 Å². The predicted molar refractivity (Wildman–Crippen MR) is 105 cm³/mol. The second kappa shape index (κ2) is 6.19. The summed E-state index contributed by atoms with van der Waals surface area (Å²) in [5, 5.41) is 12.9. The lowest BCUT2D eigenvalue weighted by atomic mass is 9.81. The zero-order valence-corrected chi connectivity index (χ0v) is 15.5. The van der Waals surface area contributed by atoms with Crippen LogP contribution < -0.4 is 0 Å². The molecule has 0 aromatic heterocycles. The number of fused-ring (bicyclic) bond motifs is 1. The molecule has 1 saturated heterocycles. The maximum atomic E-state index is 11.9. The summed E-state index contributed by atoms with van der Waals surface area (Å²) in [6, 6.07) is 20.7. The highest BCUT2D eigenvalue weighted by molar-refractivity contribution is 8.14. The summed E-state index contributed by atoms with van der Waals surface area (Å²) in [4.78, 5) is 6.90. The number of hydrogen-bond acceptors (Lipinski definition) is 4. The van der Waals surface area contributed by atoms with Crippen LogP contribution in [-0.2, 0) is 0 Å². The molecule has 2 aromatic carbocycles. The average Bonchev–Trinajstić information content (AvgIpc) is 2.93. The zero-order valence-electron chi connectivity index (χ0n) is 14.7. The van der Waals surface area contributed by atoms with Crippen molar-refractivity contribution in [3.8, 4) is 0 Å². The van der Waals surface area contributed by atoms with E-state index in [1.165, 1.54) is 0 Å². The highest BCUT2D eigenvalue weighted by Gasteiger charge is 2.52. The standard InChI is InChI=1S/C21H24N2OS/c1-20(2)13-22-19-23(14-20)21(24,15-25-19)18(16-9-5-3-6-10-16)17-11-7-4-8-12-17/h3-12,18,24H,13-15H2,1-2H3. The molecule has 0 spiro atoms. The number of rotatable bonds is 3. The van der Waals surface area contributed by atoms with Gasteiger partial charge in [0, 0.05) is 24.3 Å². The fraction of sp³-hybridized carbons (Fsp3) is 0.381. The van der Waals surface area contributed by atoms with Crippen molar-refractivity contribution in [3.05, 3.63) is 71.8 Å². The molecule has 4 heteroatoms. The lowest BCUT2D eigenvalue weighted by Gasteiger charge is -2.45. The molecule has 1 N–H and O–H groups in total. The van der Waals surface area contributed by atoms with Crippen LogP contribution in [0.15, 0.2) is 65.7 Å². The molecule has 130 valence electrons. The van der Waals surface area contributed by atoms with Crippen LogP contribution in [0.25, 0.3) is 0 Å². The lowest BCUT2D eigenvalue weighted by molar-refractivity contribution is -0.0703. The van der Waals surface area contributed by atoms with Crippen molar-refractivity contribution in [1.29, 1.82) is 0 Å². The van der Waals surface area contributed by atoms with E-state index in [-0.39, 0.29) is 11.3 Å². The van der Waals surface area contributed by atoms with Gasteiger partial charge in [0.15, 0.2) is 10.9 Å². The first kappa shape index (κ1) is 16.7. The molecule has 0 radical (unpaired) electrons. The number of benzene rings is 2. The number of amidine groups is 1. The Labute approximate surface area is 153 Å². The molecule has 0 amide bonds. The van der Waals surface area contributed by atoms with Gasteiger partial charge in [0.25, 0.3) is 0 Å². The minimum absolute atomic E-state index is 0.0697. The molecule has 0 bridgehead atoms. The smallest absolute Gasteiger partial charge is 0.161 e. The predicted octanol–water partition coefficient (Wildman–Crippen LogP) is 3.95. The molecule has 2 aliphatic rings. The van der Waals surface area contributed by atoms with Gasteiger partial charge in [-0.15, -0.1) is 0 Å². The Balaban J connectivity index is 1.82. The van der Waals surface area contributed by atoms with Crippen LogP contribution in [-0.4, -0.2) is 39.7 Å². The van der Waals surface area contributed by atoms with Gasteiger partial charge in [-0.2, -0.15) is 0 Å². The topological polar surface area (TPSA) is 35.8 Å². The molecule has 1 unspecified atom stereocenters. The van der Waals surface area contributed by atoms with E-state index in [9.17, 15) is 5.11 Å². The molecule has 1 atom stereocenters. The van der Waals surface area contributed by atoms with E-state index in [2.05, 4.69) is 43.0 Å². The van der Waals surface area contributed by atoms with Crippen molar-refractivity contribution in [3.63, 3.8) is 0 Å². The Morgan fingerprint density at radius 2 is 1.56 bits per heavy atom. The molecule has 0 aliphatic carbocycles.